The van der Waals surface area contributed by atoms with Gasteiger partial charge in [-0.25, -0.2) is 0 Å². The van der Waals surface area contributed by atoms with E-state index in [-0.39, 0.29) is 18.9 Å². The quantitative estimate of drug-likeness (QED) is 0.768. The minimum Gasteiger partial charge on any atom is -0.393 e. The second-order valence-electron chi connectivity index (χ2n) is 4.34. The minimum atomic E-state index is -1.32. The molecule has 0 saturated carbocycles. The van der Waals surface area contributed by atoms with Crippen molar-refractivity contribution in [1.82, 2.24) is 5.32 Å². The smallest absolute Gasteiger partial charge is 0.224 e. The zero-order chi connectivity index (χ0) is 13.8. The number of carbonyl (C=O) groups is 1. The van der Waals surface area contributed by atoms with E-state index in [1.165, 1.54) is 6.92 Å². The number of carbonyl (C=O) groups excluding carboxylic acids is 1. The van der Waals surface area contributed by atoms with Crippen LogP contribution in [0.4, 0.5) is 0 Å². The number of benzene rings is 1. The van der Waals surface area contributed by atoms with E-state index in [2.05, 4.69) is 5.32 Å². The van der Waals surface area contributed by atoms with Crippen LogP contribution in [0, 0.1) is 0 Å². The topological polar surface area (TPSA) is 69.6 Å². The van der Waals surface area contributed by atoms with E-state index in [0.717, 1.165) is 0 Å². The molecule has 1 aromatic rings. The summed E-state index contributed by atoms with van der Waals surface area (Å²) >= 11 is 11.7. The molecule has 1 rings (SSSR count). The number of hydrogen-bond acceptors (Lipinski definition) is 3. The fourth-order valence-corrected chi connectivity index (χ4v) is 1.72. The summed E-state index contributed by atoms with van der Waals surface area (Å²) in [6, 6.07) is 4.89. The number of amides is 1. The highest BCUT2D eigenvalue weighted by Crippen LogP contribution is 2.21. The van der Waals surface area contributed by atoms with Crippen LogP contribution in [0.15, 0.2) is 18.2 Å². The molecule has 1 unspecified atom stereocenters. The highest BCUT2D eigenvalue weighted by molar-refractivity contribution is 6.35. The maximum atomic E-state index is 11.6. The van der Waals surface area contributed by atoms with Crippen molar-refractivity contribution in [3.8, 4) is 0 Å². The van der Waals surface area contributed by atoms with Crippen molar-refractivity contribution in [3.05, 3.63) is 33.8 Å². The fourth-order valence-electron chi connectivity index (χ4n) is 1.25. The summed E-state index contributed by atoms with van der Waals surface area (Å²) in [6.07, 6.45) is 0.0948. The molecule has 1 aromatic carbocycles. The molecule has 0 bridgehead atoms. The summed E-state index contributed by atoms with van der Waals surface area (Å²) in [7, 11) is 0. The Kier molecular flexibility index (Phi) is 5.41. The number of halogens is 2. The first-order valence-electron chi connectivity index (χ1n) is 5.38. The average molecular weight is 292 g/mol. The predicted molar refractivity (Wildman–Crippen MR) is 70.9 cm³/mol. The number of nitrogens with one attached hydrogen (secondary N) is 1. The van der Waals surface area contributed by atoms with Crippen LogP contribution in [0.5, 0.6) is 0 Å². The molecule has 1 atom stereocenters. The monoisotopic (exact) mass is 291 g/mol. The Morgan fingerprint density at radius 2 is 2.11 bits per heavy atom. The molecule has 0 aliphatic carbocycles. The van der Waals surface area contributed by atoms with Crippen molar-refractivity contribution in [2.24, 2.45) is 0 Å². The van der Waals surface area contributed by atoms with Gasteiger partial charge in [0.15, 0.2) is 0 Å². The van der Waals surface area contributed by atoms with E-state index in [0.29, 0.717) is 15.6 Å². The van der Waals surface area contributed by atoms with Gasteiger partial charge in [-0.2, -0.15) is 0 Å². The summed E-state index contributed by atoms with van der Waals surface area (Å²) in [5.41, 5.74) is -0.665. The maximum absolute atomic E-state index is 11.6. The van der Waals surface area contributed by atoms with E-state index in [1.807, 2.05) is 0 Å². The Hall–Kier alpha value is -0.810. The SMILES string of the molecule is CC(O)(CO)CNC(=O)Cc1ccc(Cl)cc1Cl. The van der Waals surface area contributed by atoms with Crippen molar-refractivity contribution < 1.29 is 15.0 Å². The van der Waals surface area contributed by atoms with Gasteiger partial charge in [0.25, 0.3) is 0 Å². The molecular formula is C12H15Cl2NO3. The molecule has 0 spiro atoms. The molecule has 0 saturated heterocycles. The lowest BCUT2D eigenvalue weighted by Crippen LogP contribution is -2.43. The van der Waals surface area contributed by atoms with Crippen molar-refractivity contribution in [2.45, 2.75) is 18.9 Å². The number of aliphatic hydroxyl groups excluding tert-OH is 1. The molecule has 3 N–H and O–H groups in total. The van der Waals surface area contributed by atoms with Gasteiger partial charge in [0.2, 0.25) is 5.91 Å². The molecule has 1 amide bonds. The third-order valence-electron chi connectivity index (χ3n) is 2.37. The van der Waals surface area contributed by atoms with Gasteiger partial charge in [-0.1, -0.05) is 29.3 Å². The minimum absolute atomic E-state index is 0.0203. The largest absolute Gasteiger partial charge is 0.393 e. The summed E-state index contributed by atoms with van der Waals surface area (Å²) in [5.74, 6) is -0.284. The summed E-state index contributed by atoms with van der Waals surface area (Å²) < 4.78 is 0. The van der Waals surface area contributed by atoms with E-state index in [1.54, 1.807) is 18.2 Å². The third kappa shape index (κ3) is 4.82. The Labute approximate surface area is 116 Å². The van der Waals surface area contributed by atoms with Crippen LogP contribution < -0.4 is 5.32 Å². The Morgan fingerprint density at radius 3 is 2.67 bits per heavy atom. The van der Waals surface area contributed by atoms with Crippen molar-refractivity contribution in [1.29, 1.82) is 0 Å². The van der Waals surface area contributed by atoms with Crippen molar-refractivity contribution in [2.75, 3.05) is 13.2 Å². The Balaban J connectivity index is 2.55. The molecule has 0 heterocycles. The normalized spacial score (nSPS) is 14.1. The average Bonchev–Trinajstić information content (AvgIpc) is 2.30. The molecule has 0 aromatic heterocycles. The summed E-state index contributed by atoms with van der Waals surface area (Å²) in [5, 5.41) is 21.8. The van der Waals surface area contributed by atoms with Gasteiger partial charge < -0.3 is 15.5 Å². The lowest BCUT2D eigenvalue weighted by atomic mass is 10.1. The lowest BCUT2D eigenvalue weighted by molar-refractivity contribution is -0.121. The standard InChI is InChI=1S/C12H15Cl2NO3/c1-12(18,7-16)6-15-11(17)4-8-2-3-9(13)5-10(8)14/h2-3,5,16,18H,4,6-7H2,1H3,(H,15,17). The highest BCUT2D eigenvalue weighted by atomic mass is 35.5. The first-order chi connectivity index (χ1) is 8.34. The highest BCUT2D eigenvalue weighted by Gasteiger charge is 2.19. The second-order valence-corrected chi connectivity index (χ2v) is 5.19. The van der Waals surface area contributed by atoms with Crippen LogP contribution in [0.1, 0.15) is 12.5 Å². The third-order valence-corrected chi connectivity index (χ3v) is 2.96. The predicted octanol–water partition coefficient (Wildman–Crippen LogP) is 1.40. The van der Waals surface area contributed by atoms with Crippen LogP contribution in [-0.2, 0) is 11.2 Å². The number of rotatable bonds is 5. The number of aliphatic hydroxyl groups is 2. The summed E-state index contributed by atoms with van der Waals surface area (Å²) in [4.78, 5) is 11.6. The Morgan fingerprint density at radius 1 is 1.44 bits per heavy atom. The van der Waals surface area contributed by atoms with E-state index < -0.39 is 12.2 Å². The summed E-state index contributed by atoms with van der Waals surface area (Å²) in [6.45, 7) is 0.991. The van der Waals surface area contributed by atoms with Gasteiger partial charge in [0.1, 0.15) is 5.60 Å². The van der Waals surface area contributed by atoms with Crippen LogP contribution in [0.25, 0.3) is 0 Å². The van der Waals surface area contributed by atoms with Gasteiger partial charge in [0.05, 0.1) is 13.0 Å². The molecular weight excluding hydrogens is 277 g/mol. The van der Waals surface area contributed by atoms with Crippen molar-refractivity contribution in [3.63, 3.8) is 0 Å². The van der Waals surface area contributed by atoms with Gasteiger partial charge >= 0.3 is 0 Å². The molecule has 4 nitrogen and oxygen atoms in total. The zero-order valence-electron chi connectivity index (χ0n) is 9.91. The van der Waals surface area contributed by atoms with Gasteiger partial charge in [0, 0.05) is 16.6 Å². The Bertz CT molecular complexity index is 435. The van der Waals surface area contributed by atoms with Crippen molar-refractivity contribution >= 4 is 29.1 Å². The first kappa shape index (κ1) is 15.2. The van der Waals surface area contributed by atoms with Crippen LogP contribution in [-0.4, -0.2) is 34.9 Å². The van der Waals surface area contributed by atoms with E-state index in [9.17, 15) is 9.90 Å². The molecule has 0 fully saturated rings. The lowest BCUT2D eigenvalue weighted by Gasteiger charge is -2.20. The van der Waals surface area contributed by atoms with E-state index in [4.69, 9.17) is 28.3 Å². The van der Waals surface area contributed by atoms with Crippen LogP contribution in [0.3, 0.4) is 0 Å². The second kappa shape index (κ2) is 6.38. The molecule has 100 valence electrons. The molecule has 18 heavy (non-hydrogen) atoms. The van der Waals surface area contributed by atoms with Gasteiger partial charge in [-0.15, -0.1) is 0 Å². The van der Waals surface area contributed by atoms with Gasteiger partial charge in [-0.05, 0) is 24.6 Å². The van der Waals surface area contributed by atoms with Crippen LogP contribution in [0.2, 0.25) is 10.0 Å². The molecule has 6 heteroatoms. The zero-order valence-corrected chi connectivity index (χ0v) is 11.4. The van der Waals surface area contributed by atoms with Crippen LogP contribution >= 0.6 is 23.2 Å². The molecule has 0 radical (unpaired) electrons. The first-order valence-corrected chi connectivity index (χ1v) is 6.13. The fraction of sp³-hybridized carbons (Fsp3) is 0.417. The van der Waals surface area contributed by atoms with E-state index >= 15 is 0 Å². The number of hydrogen-bond donors (Lipinski definition) is 3. The van der Waals surface area contributed by atoms with Gasteiger partial charge in [-0.3, -0.25) is 4.79 Å². The maximum Gasteiger partial charge on any atom is 0.224 e. The molecule has 0 aliphatic heterocycles. The molecule has 0 aliphatic rings.